The standard InChI is InChI=1S/C8H11N2O/c1-10(2)8-3-7(6-11)4-9-5-8/h3-5H,6H2,1-2H3. The predicted octanol–water partition coefficient (Wildman–Crippen LogP) is 1.08. The summed E-state index contributed by atoms with van der Waals surface area (Å²) in [6.45, 7) is -0.200. The van der Waals surface area contributed by atoms with Crippen LogP contribution in [0.3, 0.4) is 0 Å². The third kappa shape index (κ3) is 1.91. The Morgan fingerprint density at radius 2 is 2.18 bits per heavy atom. The quantitative estimate of drug-likeness (QED) is 0.634. The van der Waals surface area contributed by atoms with Crippen LogP contribution in [0, 0.1) is 0 Å². The van der Waals surface area contributed by atoms with Gasteiger partial charge in [0, 0.05) is 25.9 Å². The summed E-state index contributed by atoms with van der Waals surface area (Å²) in [7, 11) is 3.84. The van der Waals surface area contributed by atoms with Crippen LogP contribution in [0.5, 0.6) is 0 Å². The molecule has 0 aliphatic heterocycles. The first-order valence-corrected chi connectivity index (χ1v) is 3.43. The zero-order valence-electron chi connectivity index (χ0n) is 6.74. The Hall–Kier alpha value is -1.09. The summed E-state index contributed by atoms with van der Waals surface area (Å²) in [6.07, 6.45) is 3.33. The van der Waals surface area contributed by atoms with Crippen LogP contribution in [0.1, 0.15) is 5.56 Å². The van der Waals surface area contributed by atoms with Gasteiger partial charge in [0.25, 0.3) is 0 Å². The maximum absolute atomic E-state index is 10.4. The van der Waals surface area contributed by atoms with E-state index in [1.165, 1.54) is 0 Å². The molecule has 0 aliphatic rings. The van der Waals surface area contributed by atoms with Gasteiger partial charge in [0.1, 0.15) is 6.61 Å². The Labute approximate surface area is 66.3 Å². The molecule has 11 heavy (non-hydrogen) atoms. The molecule has 1 aromatic rings. The van der Waals surface area contributed by atoms with E-state index in [-0.39, 0.29) is 6.61 Å². The maximum Gasteiger partial charge on any atom is 0.109 e. The Morgan fingerprint density at radius 3 is 2.73 bits per heavy atom. The normalized spacial score (nSPS) is 9.73. The molecule has 0 saturated carbocycles. The topological polar surface area (TPSA) is 36.0 Å². The molecule has 0 bridgehead atoms. The summed E-state index contributed by atoms with van der Waals surface area (Å²) in [6, 6.07) is 1.85. The molecule has 0 aliphatic carbocycles. The molecular weight excluding hydrogens is 140 g/mol. The van der Waals surface area contributed by atoms with Crippen LogP contribution in [0.15, 0.2) is 18.5 Å². The number of anilines is 1. The molecule has 59 valence electrons. The molecular formula is C8H11N2O. The monoisotopic (exact) mass is 151 g/mol. The lowest BCUT2D eigenvalue weighted by atomic mass is 10.3. The smallest absolute Gasteiger partial charge is 0.109 e. The summed E-state index contributed by atoms with van der Waals surface area (Å²) >= 11 is 0. The van der Waals surface area contributed by atoms with Crippen molar-refractivity contribution in [2.75, 3.05) is 19.0 Å². The Morgan fingerprint density at radius 1 is 1.45 bits per heavy atom. The second kappa shape index (κ2) is 3.34. The van der Waals surface area contributed by atoms with E-state index >= 15 is 0 Å². The number of aromatic nitrogens is 1. The van der Waals surface area contributed by atoms with Crippen molar-refractivity contribution in [1.82, 2.24) is 4.98 Å². The van der Waals surface area contributed by atoms with Gasteiger partial charge < -0.3 is 4.90 Å². The molecule has 0 amide bonds. The first kappa shape index (κ1) is 8.01. The molecule has 1 radical (unpaired) electrons. The molecule has 1 aromatic heterocycles. The average molecular weight is 151 g/mol. The molecule has 0 fully saturated rings. The second-order valence-corrected chi connectivity index (χ2v) is 2.59. The third-order valence-corrected chi connectivity index (χ3v) is 1.46. The number of rotatable bonds is 2. The highest BCUT2D eigenvalue weighted by Crippen LogP contribution is 2.10. The van der Waals surface area contributed by atoms with Crippen LogP contribution < -0.4 is 4.90 Å². The summed E-state index contributed by atoms with van der Waals surface area (Å²) in [4.78, 5) is 5.86. The minimum Gasteiger partial charge on any atom is -0.376 e. The van der Waals surface area contributed by atoms with Gasteiger partial charge in [-0.15, -0.1) is 0 Å². The zero-order valence-corrected chi connectivity index (χ0v) is 6.74. The van der Waals surface area contributed by atoms with Gasteiger partial charge in [-0.2, -0.15) is 0 Å². The summed E-state index contributed by atoms with van der Waals surface area (Å²) in [5.41, 5.74) is 1.70. The van der Waals surface area contributed by atoms with Crippen molar-refractivity contribution in [3.05, 3.63) is 24.0 Å². The minimum absolute atomic E-state index is 0.200. The van der Waals surface area contributed by atoms with Gasteiger partial charge in [-0.25, -0.2) is 5.11 Å². The van der Waals surface area contributed by atoms with Gasteiger partial charge in [-0.3, -0.25) is 4.98 Å². The van der Waals surface area contributed by atoms with Crippen molar-refractivity contribution in [3.63, 3.8) is 0 Å². The van der Waals surface area contributed by atoms with Crippen molar-refractivity contribution in [1.29, 1.82) is 0 Å². The second-order valence-electron chi connectivity index (χ2n) is 2.59. The molecule has 1 heterocycles. The van der Waals surface area contributed by atoms with E-state index in [0.29, 0.717) is 0 Å². The van der Waals surface area contributed by atoms with Gasteiger partial charge in [-0.05, 0) is 6.07 Å². The van der Waals surface area contributed by atoms with E-state index < -0.39 is 0 Å². The fraction of sp³-hybridized carbons (Fsp3) is 0.375. The molecule has 1 rings (SSSR count). The van der Waals surface area contributed by atoms with Gasteiger partial charge in [0.15, 0.2) is 0 Å². The largest absolute Gasteiger partial charge is 0.376 e. The zero-order chi connectivity index (χ0) is 8.27. The average Bonchev–Trinajstić information content (AvgIpc) is 2.05. The van der Waals surface area contributed by atoms with E-state index in [9.17, 15) is 5.11 Å². The Bertz CT molecular complexity index is 235. The Kier molecular flexibility index (Phi) is 2.44. The van der Waals surface area contributed by atoms with E-state index in [1.807, 2.05) is 25.1 Å². The van der Waals surface area contributed by atoms with Crippen molar-refractivity contribution in [2.45, 2.75) is 6.61 Å². The minimum atomic E-state index is -0.200. The first-order valence-electron chi connectivity index (χ1n) is 3.43. The number of pyridine rings is 1. The van der Waals surface area contributed by atoms with E-state index in [1.54, 1.807) is 12.4 Å². The highest BCUT2D eigenvalue weighted by atomic mass is 16.3. The highest BCUT2D eigenvalue weighted by molar-refractivity contribution is 5.44. The lowest BCUT2D eigenvalue weighted by molar-refractivity contribution is 0.177. The number of hydrogen-bond donors (Lipinski definition) is 0. The van der Waals surface area contributed by atoms with E-state index in [0.717, 1.165) is 11.3 Å². The Balaban J connectivity index is 2.91. The van der Waals surface area contributed by atoms with E-state index in [4.69, 9.17) is 0 Å². The maximum atomic E-state index is 10.4. The number of hydrogen-bond acceptors (Lipinski definition) is 2. The van der Waals surface area contributed by atoms with Crippen LogP contribution in [-0.2, 0) is 11.7 Å². The predicted molar refractivity (Wildman–Crippen MR) is 43.0 cm³/mol. The van der Waals surface area contributed by atoms with Crippen LogP contribution in [-0.4, -0.2) is 19.1 Å². The van der Waals surface area contributed by atoms with Crippen molar-refractivity contribution in [3.8, 4) is 0 Å². The molecule has 0 aromatic carbocycles. The number of nitrogens with zero attached hydrogens (tertiary/aromatic N) is 2. The summed E-state index contributed by atoms with van der Waals surface area (Å²) < 4.78 is 0. The summed E-state index contributed by atoms with van der Waals surface area (Å²) in [5, 5.41) is 10.4. The molecule has 0 N–H and O–H groups in total. The van der Waals surface area contributed by atoms with Gasteiger partial charge in [0.05, 0.1) is 11.9 Å². The van der Waals surface area contributed by atoms with Crippen LogP contribution >= 0.6 is 0 Å². The van der Waals surface area contributed by atoms with Crippen molar-refractivity contribution in [2.24, 2.45) is 0 Å². The molecule has 0 unspecified atom stereocenters. The van der Waals surface area contributed by atoms with Crippen molar-refractivity contribution < 1.29 is 5.11 Å². The molecule has 3 heteroatoms. The molecule has 0 spiro atoms. The van der Waals surface area contributed by atoms with Gasteiger partial charge in [-0.1, -0.05) is 0 Å². The fourth-order valence-electron chi connectivity index (χ4n) is 0.797. The van der Waals surface area contributed by atoms with E-state index in [2.05, 4.69) is 4.98 Å². The summed E-state index contributed by atoms with van der Waals surface area (Å²) in [5.74, 6) is 0. The molecule has 3 nitrogen and oxygen atoms in total. The van der Waals surface area contributed by atoms with Crippen molar-refractivity contribution >= 4 is 5.69 Å². The third-order valence-electron chi connectivity index (χ3n) is 1.46. The highest BCUT2D eigenvalue weighted by Gasteiger charge is 1.96. The van der Waals surface area contributed by atoms with Gasteiger partial charge in [0.2, 0.25) is 0 Å². The van der Waals surface area contributed by atoms with Gasteiger partial charge >= 0.3 is 0 Å². The first-order chi connectivity index (χ1) is 5.24. The lowest BCUT2D eigenvalue weighted by Gasteiger charge is -2.11. The van der Waals surface area contributed by atoms with Crippen LogP contribution in [0.4, 0.5) is 5.69 Å². The lowest BCUT2D eigenvalue weighted by Crippen LogP contribution is -2.09. The molecule has 0 atom stereocenters. The van der Waals surface area contributed by atoms with Crippen LogP contribution in [0.25, 0.3) is 0 Å². The SMILES string of the molecule is CN(C)c1cncc(C[O])c1. The fourth-order valence-corrected chi connectivity index (χ4v) is 0.797. The van der Waals surface area contributed by atoms with Crippen LogP contribution in [0.2, 0.25) is 0 Å². The molecule has 0 saturated heterocycles.